The van der Waals surface area contributed by atoms with Gasteiger partial charge in [-0.3, -0.25) is 0 Å². The van der Waals surface area contributed by atoms with Gasteiger partial charge < -0.3 is 5.11 Å². The Morgan fingerprint density at radius 2 is 2.17 bits per heavy atom. The van der Waals surface area contributed by atoms with Crippen LogP contribution in [-0.2, 0) is 5.41 Å². The molecule has 1 nitrogen and oxygen atoms in total. The van der Waals surface area contributed by atoms with E-state index >= 15 is 0 Å². The summed E-state index contributed by atoms with van der Waals surface area (Å²) in [6.45, 7) is 2.46. The topological polar surface area (TPSA) is 20.2 Å². The Hall–Kier alpha value is -0.980. The summed E-state index contributed by atoms with van der Waals surface area (Å²) in [5, 5.41) is 9.87. The van der Waals surface area contributed by atoms with Gasteiger partial charge in [-0.05, 0) is 72.1 Å². The lowest BCUT2D eigenvalue weighted by Gasteiger charge is -2.48. The fourth-order valence-electron chi connectivity index (χ4n) is 5.50. The van der Waals surface area contributed by atoms with Crippen molar-refractivity contribution in [1.82, 2.24) is 0 Å². The van der Waals surface area contributed by atoms with Crippen LogP contribution in [-0.4, -0.2) is 5.11 Å². The molecule has 1 aromatic carbocycles. The zero-order valence-electron chi connectivity index (χ0n) is 11.2. The van der Waals surface area contributed by atoms with Crippen LogP contribution in [0.4, 0.5) is 0 Å². The summed E-state index contributed by atoms with van der Waals surface area (Å²) in [7, 11) is 0. The first-order valence-electron chi connectivity index (χ1n) is 7.54. The van der Waals surface area contributed by atoms with Crippen LogP contribution in [0.5, 0.6) is 5.75 Å². The largest absolute Gasteiger partial charge is 0.508 e. The van der Waals surface area contributed by atoms with Gasteiger partial charge in [0.25, 0.3) is 0 Å². The standard InChI is InChI=1S/C17H22O/c1-11-8-12-10-17(7-3-2-4-15(11)17)16-9-13(18)5-6-14(12)16/h5-6,9,11-12,15,18H,2-4,7-8,10H2,1H3. The summed E-state index contributed by atoms with van der Waals surface area (Å²) in [4.78, 5) is 0. The quantitative estimate of drug-likeness (QED) is 0.717. The molecular weight excluding hydrogens is 220 g/mol. The predicted octanol–water partition coefficient (Wildman–Crippen LogP) is 4.35. The Balaban J connectivity index is 1.92. The molecule has 0 saturated heterocycles. The van der Waals surface area contributed by atoms with Crippen molar-refractivity contribution in [3.8, 4) is 5.75 Å². The third kappa shape index (κ3) is 1.23. The van der Waals surface area contributed by atoms with Crippen molar-refractivity contribution < 1.29 is 5.11 Å². The van der Waals surface area contributed by atoms with E-state index in [4.69, 9.17) is 0 Å². The maximum Gasteiger partial charge on any atom is 0.115 e. The lowest BCUT2D eigenvalue weighted by molar-refractivity contribution is 0.0805. The van der Waals surface area contributed by atoms with E-state index in [1.807, 2.05) is 6.07 Å². The van der Waals surface area contributed by atoms with Crippen molar-refractivity contribution in [3.05, 3.63) is 29.3 Å². The molecule has 0 heterocycles. The fraction of sp³-hybridized carbons (Fsp3) is 0.647. The second-order valence-electron chi connectivity index (χ2n) is 6.89. The molecule has 4 unspecified atom stereocenters. The Morgan fingerprint density at radius 3 is 3.06 bits per heavy atom. The van der Waals surface area contributed by atoms with Gasteiger partial charge in [0, 0.05) is 0 Å². The Bertz CT molecular complexity index is 492. The van der Waals surface area contributed by atoms with E-state index in [0.717, 1.165) is 17.8 Å². The molecule has 3 aliphatic carbocycles. The number of hydrogen-bond acceptors (Lipinski definition) is 1. The zero-order valence-corrected chi connectivity index (χ0v) is 11.2. The van der Waals surface area contributed by atoms with Crippen molar-refractivity contribution in [1.29, 1.82) is 0 Å². The average molecular weight is 242 g/mol. The third-order valence-corrected chi connectivity index (χ3v) is 6.06. The van der Waals surface area contributed by atoms with E-state index < -0.39 is 0 Å². The number of fused-ring (bicyclic) bond motifs is 3. The predicted molar refractivity (Wildman–Crippen MR) is 72.9 cm³/mol. The van der Waals surface area contributed by atoms with Crippen LogP contribution >= 0.6 is 0 Å². The highest BCUT2D eigenvalue weighted by atomic mass is 16.3. The molecule has 1 heteroatoms. The van der Waals surface area contributed by atoms with E-state index in [-0.39, 0.29) is 0 Å². The molecule has 4 rings (SSSR count). The molecule has 1 N–H and O–H groups in total. The van der Waals surface area contributed by atoms with Gasteiger partial charge in [-0.2, -0.15) is 0 Å². The van der Waals surface area contributed by atoms with Crippen molar-refractivity contribution in [2.75, 3.05) is 0 Å². The molecule has 1 aromatic rings. The molecule has 0 amide bonds. The van der Waals surface area contributed by atoms with Crippen molar-refractivity contribution in [2.45, 2.75) is 56.8 Å². The molecule has 3 aliphatic rings. The summed E-state index contributed by atoms with van der Waals surface area (Å²) in [6, 6.07) is 6.18. The monoisotopic (exact) mass is 242 g/mol. The van der Waals surface area contributed by atoms with Crippen LogP contribution in [0.15, 0.2) is 18.2 Å². The van der Waals surface area contributed by atoms with Crippen LogP contribution in [0.3, 0.4) is 0 Å². The first-order valence-corrected chi connectivity index (χ1v) is 7.54. The number of rotatable bonds is 0. The van der Waals surface area contributed by atoms with Crippen LogP contribution in [0.2, 0.25) is 0 Å². The maximum absolute atomic E-state index is 9.87. The second kappa shape index (κ2) is 3.53. The third-order valence-electron chi connectivity index (χ3n) is 6.06. The molecule has 0 radical (unpaired) electrons. The van der Waals surface area contributed by atoms with Gasteiger partial charge in [-0.25, -0.2) is 0 Å². The second-order valence-corrected chi connectivity index (χ2v) is 6.89. The smallest absolute Gasteiger partial charge is 0.115 e. The normalized spacial score (nSPS) is 41.3. The summed E-state index contributed by atoms with van der Waals surface area (Å²) in [5.41, 5.74) is 3.50. The number of phenolic OH excluding ortho intramolecular Hbond substituents is 1. The highest BCUT2D eigenvalue weighted by Crippen LogP contribution is 2.63. The Kier molecular flexibility index (Phi) is 2.13. The zero-order chi connectivity index (χ0) is 12.3. The maximum atomic E-state index is 9.87. The van der Waals surface area contributed by atoms with Gasteiger partial charge in [-0.1, -0.05) is 25.8 Å². The molecule has 0 aliphatic heterocycles. The van der Waals surface area contributed by atoms with Crippen LogP contribution in [0.1, 0.15) is 62.5 Å². The minimum atomic E-state index is 0.425. The lowest BCUT2D eigenvalue weighted by atomic mass is 9.56. The van der Waals surface area contributed by atoms with Gasteiger partial charge in [0.05, 0.1) is 0 Å². The number of benzene rings is 1. The minimum Gasteiger partial charge on any atom is -0.508 e. The molecule has 2 bridgehead atoms. The lowest BCUT2D eigenvalue weighted by Crippen LogP contribution is -2.42. The fourth-order valence-corrected chi connectivity index (χ4v) is 5.50. The summed E-state index contributed by atoms with van der Waals surface area (Å²) in [6.07, 6.45) is 8.28. The molecule has 96 valence electrons. The molecule has 0 aromatic heterocycles. The molecule has 18 heavy (non-hydrogen) atoms. The van der Waals surface area contributed by atoms with Crippen molar-refractivity contribution in [2.24, 2.45) is 11.8 Å². The Labute approximate surface area is 109 Å². The summed E-state index contributed by atoms with van der Waals surface area (Å²) < 4.78 is 0. The number of aromatic hydroxyl groups is 1. The molecule has 2 saturated carbocycles. The van der Waals surface area contributed by atoms with Crippen LogP contribution < -0.4 is 0 Å². The number of hydrogen-bond donors (Lipinski definition) is 1. The van der Waals surface area contributed by atoms with E-state index in [0.29, 0.717) is 11.2 Å². The summed E-state index contributed by atoms with van der Waals surface area (Å²) in [5.74, 6) is 2.96. The molecule has 1 spiro atoms. The van der Waals surface area contributed by atoms with Gasteiger partial charge in [0.1, 0.15) is 5.75 Å². The highest BCUT2D eigenvalue weighted by molar-refractivity contribution is 5.48. The average Bonchev–Trinajstić information content (AvgIpc) is 2.60. The Morgan fingerprint density at radius 1 is 1.28 bits per heavy atom. The van der Waals surface area contributed by atoms with E-state index in [9.17, 15) is 5.11 Å². The van der Waals surface area contributed by atoms with E-state index in [2.05, 4.69) is 19.1 Å². The van der Waals surface area contributed by atoms with Gasteiger partial charge in [-0.15, -0.1) is 0 Å². The first kappa shape index (κ1) is 10.9. The van der Waals surface area contributed by atoms with Gasteiger partial charge >= 0.3 is 0 Å². The first-order chi connectivity index (χ1) is 8.71. The molecule has 4 atom stereocenters. The molecular formula is C17H22O. The van der Waals surface area contributed by atoms with E-state index in [1.165, 1.54) is 44.1 Å². The minimum absolute atomic E-state index is 0.425. The molecule has 2 fully saturated rings. The SMILES string of the molecule is CC1CC2CC3(CCCCC13)c1cc(O)ccc12. The van der Waals surface area contributed by atoms with Crippen LogP contribution in [0, 0.1) is 11.8 Å². The van der Waals surface area contributed by atoms with Crippen molar-refractivity contribution >= 4 is 0 Å². The number of phenols is 1. The highest BCUT2D eigenvalue weighted by Gasteiger charge is 2.54. The van der Waals surface area contributed by atoms with E-state index in [1.54, 1.807) is 5.56 Å². The van der Waals surface area contributed by atoms with Gasteiger partial charge in [0.2, 0.25) is 0 Å². The van der Waals surface area contributed by atoms with Crippen LogP contribution in [0.25, 0.3) is 0 Å². The van der Waals surface area contributed by atoms with Gasteiger partial charge in [0.15, 0.2) is 0 Å². The van der Waals surface area contributed by atoms with Crippen molar-refractivity contribution in [3.63, 3.8) is 0 Å². The summed E-state index contributed by atoms with van der Waals surface area (Å²) >= 11 is 0.